The van der Waals surface area contributed by atoms with Crippen LogP contribution < -0.4 is 24.8 Å². The first-order chi connectivity index (χ1) is 33.6. The Morgan fingerprint density at radius 1 is 0.783 bits per heavy atom. The van der Waals surface area contributed by atoms with E-state index >= 15 is 0 Å². The van der Waals surface area contributed by atoms with Crippen LogP contribution in [0.25, 0.3) is 0 Å². The second-order valence-electron chi connectivity index (χ2n) is 16.8. The minimum absolute atomic E-state index is 0.0979. The number of nitrogens with one attached hydrogen (secondary N) is 2. The number of carbonyl (C=O) groups excluding carboxylic acids is 2. The second kappa shape index (κ2) is 31.9. The van der Waals surface area contributed by atoms with Gasteiger partial charge in [0.1, 0.15) is 29.9 Å². The van der Waals surface area contributed by atoms with Crippen LogP contribution in [0, 0.1) is 0 Å². The Kier molecular flexibility index (Phi) is 25.7. The monoisotopic (exact) mass is 952 g/mol. The van der Waals surface area contributed by atoms with Gasteiger partial charge in [0.15, 0.2) is 0 Å². The maximum absolute atomic E-state index is 14.1. The second-order valence-corrected chi connectivity index (χ2v) is 16.8. The molecule has 4 rings (SSSR count). The molecule has 0 saturated heterocycles. The summed E-state index contributed by atoms with van der Waals surface area (Å²) in [7, 11) is 5.58. The first kappa shape index (κ1) is 55.6. The predicted molar refractivity (Wildman–Crippen MR) is 273 cm³/mol. The van der Waals surface area contributed by atoms with Crippen LogP contribution in [0.3, 0.4) is 0 Å². The van der Waals surface area contributed by atoms with Crippen LogP contribution >= 0.6 is 0 Å². The fraction of sp³-hybridized carbons (Fsp3) is 0.481. The lowest BCUT2D eigenvalue weighted by atomic mass is 9.98. The Balaban J connectivity index is 1.06. The zero-order valence-electron chi connectivity index (χ0n) is 41.9. The van der Waals surface area contributed by atoms with Gasteiger partial charge in [-0.1, -0.05) is 67.8 Å². The van der Waals surface area contributed by atoms with Crippen molar-refractivity contribution < 1.29 is 38.0 Å². The topological polar surface area (TPSA) is 151 Å². The zero-order valence-corrected chi connectivity index (χ0v) is 41.9. The molecule has 2 N–H and O–H groups in total. The molecular weight excluding hydrogens is 875 g/mol. The number of likely N-dealkylation sites (N-methyl/N-ethyl adjacent to an activating group) is 1. The minimum Gasteiger partial charge on any atom is -0.497 e. The summed E-state index contributed by atoms with van der Waals surface area (Å²) < 4.78 is 36.2. The van der Waals surface area contributed by atoms with Crippen molar-refractivity contribution in [3.63, 3.8) is 0 Å². The lowest BCUT2D eigenvalue weighted by Crippen LogP contribution is -2.49. The molecule has 0 fully saturated rings. The van der Waals surface area contributed by atoms with Crippen molar-refractivity contribution in [3.05, 3.63) is 133 Å². The lowest BCUT2D eigenvalue weighted by molar-refractivity contribution is -0.143. The maximum Gasteiger partial charge on any atom is 0.247 e. The number of aryl methyl sites for hydroxylation is 1. The van der Waals surface area contributed by atoms with Crippen LogP contribution in [-0.4, -0.2) is 136 Å². The molecule has 1 heterocycles. The summed E-state index contributed by atoms with van der Waals surface area (Å²) >= 11 is 0. The first-order valence-electron chi connectivity index (χ1n) is 24.2. The van der Waals surface area contributed by atoms with Crippen molar-refractivity contribution in [2.45, 2.75) is 84.0 Å². The molecule has 2 amide bonds. The van der Waals surface area contributed by atoms with Crippen LogP contribution in [0.15, 0.2) is 116 Å². The Bertz CT molecular complexity index is 2110. The SMILES string of the molecule is C=C/C=C(\C=C)C(C)NC(=O)C(c1ccc(OC)cc1)N(C(=O)CCc1ccc(OCCCCN(C)CCOCCOCCc2cn(CCOCCOc3ccc(NC)cc3)nn2)cc1)C(C)CC. The molecule has 0 aliphatic rings. The summed E-state index contributed by atoms with van der Waals surface area (Å²) in [5.74, 6) is 1.91. The summed E-state index contributed by atoms with van der Waals surface area (Å²) in [6.07, 6.45) is 11.2. The van der Waals surface area contributed by atoms with Gasteiger partial charge in [-0.3, -0.25) is 9.59 Å². The highest BCUT2D eigenvalue weighted by Gasteiger charge is 2.34. The Morgan fingerprint density at radius 3 is 2.10 bits per heavy atom. The molecule has 4 aromatic rings. The highest BCUT2D eigenvalue weighted by Crippen LogP contribution is 2.29. The summed E-state index contributed by atoms with van der Waals surface area (Å²) in [6.45, 7) is 20.4. The van der Waals surface area contributed by atoms with Crippen LogP contribution in [0.5, 0.6) is 17.2 Å². The first-order valence-corrected chi connectivity index (χ1v) is 24.2. The molecular formula is C54H77N7O8. The van der Waals surface area contributed by atoms with E-state index in [9.17, 15) is 9.59 Å². The van der Waals surface area contributed by atoms with E-state index < -0.39 is 6.04 Å². The third kappa shape index (κ3) is 20.2. The quantitative estimate of drug-likeness (QED) is 0.0337. The average Bonchev–Trinajstić information content (AvgIpc) is 3.83. The smallest absolute Gasteiger partial charge is 0.247 e. The van der Waals surface area contributed by atoms with E-state index in [0.29, 0.717) is 90.0 Å². The molecule has 69 heavy (non-hydrogen) atoms. The number of hydrogen-bond acceptors (Lipinski definition) is 12. The largest absolute Gasteiger partial charge is 0.497 e. The van der Waals surface area contributed by atoms with Gasteiger partial charge in [-0.2, -0.15) is 0 Å². The molecule has 0 aliphatic carbocycles. The van der Waals surface area contributed by atoms with E-state index in [-0.39, 0.29) is 30.3 Å². The van der Waals surface area contributed by atoms with Crippen molar-refractivity contribution in [1.82, 2.24) is 30.1 Å². The molecule has 3 aromatic carbocycles. The third-order valence-corrected chi connectivity index (χ3v) is 11.7. The minimum atomic E-state index is -0.840. The fourth-order valence-electron chi connectivity index (χ4n) is 7.36. The molecule has 15 heteroatoms. The van der Waals surface area contributed by atoms with Gasteiger partial charge in [-0.15, -0.1) is 5.10 Å². The number of carbonyl (C=O) groups is 2. The Hall–Kier alpha value is -6.00. The van der Waals surface area contributed by atoms with Gasteiger partial charge in [-0.05, 0) is 118 Å². The number of aromatic nitrogens is 3. The molecule has 1 aromatic heterocycles. The van der Waals surface area contributed by atoms with Gasteiger partial charge >= 0.3 is 0 Å². The molecule has 3 unspecified atom stereocenters. The Morgan fingerprint density at radius 2 is 1.43 bits per heavy atom. The summed E-state index contributed by atoms with van der Waals surface area (Å²) in [5, 5.41) is 14.6. The van der Waals surface area contributed by atoms with Gasteiger partial charge < -0.3 is 48.9 Å². The highest BCUT2D eigenvalue weighted by atomic mass is 16.5. The van der Waals surface area contributed by atoms with Gasteiger partial charge in [0.25, 0.3) is 0 Å². The van der Waals surface area contributed by atoms with E-state index in [0.717, 1.165) is 59.9 Å². The number of rotatable bonds is 36. The van der Waals surface area contributed by atoms with Gasteiger partial charge in [0.2, 0.25) is 11.8 Å². The molecule has 0 aliphatic heterocycles. The number of ether oxygens (including phenoxy) is 6. The van der Waals surface area contributed by atoms with E-state index in [1.807, 2.05) is 113 Å². The normalized spacial score (nSPS) is 12.8. The van der Waals surface area contributed by atoms with Crippen molar-refractivity contribution >= 4 is 17.5 Å². The van der Waals surface area contributed by atoms with Crippen LogP contribution in [0.2, 0.25) is 0 Å². The van der Waals surface area contributed by atoms with E-state index in [4.69, 9.17) is 28.4 Å². The molecule has 3 atom stereocenters. The molecule has 0 radical (unpaired) electrons. The van der Waals surface area contributed by atoms with Gasteiger partial charge in [0, 0.05) is 44.4 Å². The number of unbranched alkanes of at least 4 members (excludes halogenated alkanes) is 1. The van der Waals surface area contributed by atoms with Crippen molar-refractivity contribution in [3.8, 4) is 17.2 Å². The van der Waals surface area contributed by atoms with Gasteiger partial charge in [0.05, 0.1) is 71.6 Å². The maximum atomic E-state index is 14.1. The number of allylic oxidation sites excluding steroid dienone is 2. The van der Waals surface area contributed by atoms with Crippen LogP contribution in [0.4, 0.5) is 5.69 Å². The number of anilines is 1. The molecule has 0 spiro atoms. The highest BCUT2D eigenvalue weighted by molar-refractivity contribution is 5.89. The molecule has 15 nitrogen and oxygen atoms in total. The lowest BCUT2D eigenvalue weighted by Gasteiger charge is -2.36. The van der Waals surface area contributed by atoms with E-state index in [1.165, 1.54) is 0 Å². The van der Waals surface area contributed by atoms with Crippen molar-refractivity contribution in [2.75, 3.05) is 92.5 Å². The fourth-order valence-corrected chi connectivity index (χ4v) is 7.36. The van der Waals surface area contributed by atoms with Crippen molar-refractivity contribution in [2.24, 2.45) is 0 Å². The number of methoxy groups -OCH3 is 1. The van der Waals surface area contributed by atoms with E-state index in [2.05, 4.69) is 46.1 Å². The molecule has 376 valence electrons. The summed E-state index contributed by atoms with van der Waals surface area (Å²) in [5.41, 5.74) is 4.47. The predicted octanol–water partition coefficient (Wildman–Crippen LogP) is 7.89. The third-order valence-electron chi connectivity index (χ3n) is 11.7. The average molecular weight is 952 g/mol. The standard InChI is InChI=1S/C54H77N7O8/c1-9-14-45(11-3)43(5)56-54(63)53(46-18-24-49(64-8)25-19-46)61(42(4)10-2)52(62)28-17-44-15-22-50(23-16-44)68-33-13-12-30-59(7)31-35-66-38-37-65-34-29-48-41-60(58-57-48)32-36-67-39-40-69-51-26-20-47(55-6)21-27-51/h9,11,14-16,18-27,41-43,53,55H,1,3,10,12-13,17,28-40H2,2,4-8H3,(H,56,63)/b45-14+. The number of amides is 2. The summed E-state index contributed by atoms with van der Waals surface area (Å²) in [4.78, 5) is 32.2. The van der Waals surface area contributed by atoms with E-state index in [1.54, 1.807) is 28.8 Å². The van der Waals surface area contributed by atoms with Crippen molar-refractivity contribution in [1.29, 1.82) is 0 Å². The number of benzene rings is 3. The van der Waals surface area contributed by atoms with Crippen LogP contribution in [0.1, 0.15) is 69.3 Å². The zero-order chi connectivity index (χ0) is 49.6. The molecule has 0 bridgehead atoms. The Labute approximate surface area is 410 Å². The number of nitrogens with zero attached hydrogens (tertiary/aromatic N) is 5. The number of hydrogen-bond donors (Lipinski definition) is 2. The molecule has 0 saturated carbocycles. The van der Waals surface area contributed by atoms with Crippen LogP contribution in [-0.2, 0) is 43.2 Å². The summed E-state index contributed by atoms with van der Waals surface area (Å²) in [6, 6.07) is 21.7. The van der Waals surface area contributed by atoms with Gasteiger partial charge in [-0.25, -0.2) is 4.68 Å².